The monoisotopic (exact) mass is 510 g/mol. The van der Waals surface area contributed by atoms with Gasteiger partial charge in [0.25, 0.3) is 0 Å². The third-order valence-corrected chi connectivity index (χ3v) is 7.61. The van der Waals surface area contributed by atoms with E-state index in [0.29, 0.717) is 25.7 Å². The molecular formula is C30H54O6-2. The van der Waals surface area contributed by atoms with E-state index < -0.39 is 29.2 Å². The van der Waals surface area contributed by atoms with Gasteiger partial charge in [-0.05, 0) is 50.4 Å². The molecule has 0 saturated carbocycles. The summed E-state index contributed by atoms with van der Waals surface area (Å²) in [7, 11) is 0. The number of hydrogen-bond donors (Lipinski definition) is 0. The molecule has 0 radical (unpaired) electrons. The minimum absolute atomic E-state index is 0.0504. The summed E-state index contributed by atoms with van der Waals surface area (Å²) >= 11 is 0. The zero-order valence-corrected chi connectivity index (χ0v) is 23.7. The van der Waals surface area contributed by atoms with Crippen LogP contribution in [-0.4, -0.2) is 24.5 Å². The normalized spacial score (nSPS) is 14.7. The molecule has 2 unspecified atom stereocenters. The molecule has 0 aliphatic rings. The smallest absolute Gasteiger partial charge is 0.305 e. The summed E-state index contributed by atoms with van der Waals surface area (Å²) in [5.41, 5.74) is -0.719. The zero-order chi connectivity index (χ0) is 27.2. The molecule has 0 aliphatic heterocycles. The molecular weight excluding hydrogens is 456 g/mol. The van der Waals surface area contributed by atoms with Crippen LogP contribution in [0.15, 0.2) is 0 Å². The lowest BCUT2D eigenvalue weighted by Gasteiger charge is -2.39. The lowest BCUT2D eigenvalue weighted by Crippen LogP contribution is -2.42. The van der Waals surface area contributed by atoms with Crippen LogP contribution in [0, 0.1) is 17.3 Å². The van der Waals surface area contributed by atoms with Crippen LogP contribution >= 0.6 is 0 Å². The van der Waals surface area contributed by atoms with Gasteiger partial charge in [-0.25, -0.2) is 0 Å². The van der Waals surface area contributed by atoms with E-state index >= 15 is 0 Å². The third kappa shape index (κ3) is 16.2. The molecule has 36 heavy (non-hydrogen) atoms. The van der Waals surface area contributed by atoms with E-state index in [1.54, 1.807) is 0 Å². The minimum Gasteiger partial charge on any atom is -0.550 e. The highest BCUT2D eigenvalue weighted by molar-refractivity contribution is 5.70. The fourth-order valence-corrected chi connectivity index (χ4v) is 5.06. The summed E-state index contributed by atoms with van der Waals surface area (Å²) in [5, 5.41) is 24.1. The molecule has 0 aliphatic carbocycles. The van der Waals surface area contributed by atoms with Gasteiger partial charge in [0.15, 0.2) is 0 Å². The van der Waals surface area contributed by atoms with Gasteiger partial charge in [0, 0.05) is 23.8 Å². The Morgan fingerprint density at radius 2 is 1.06 bits per heavy atom. The number of rotatable bonds is 25. The predicted octanol–water partition coefficient (Wildman–Crippen LogP) is 5.74. The summed E-state index contributed by atoms with van der Waals surface area (Å²) in [6.07, 6.45) is 15.3. The van der Waals surface area contributed by atoms with Crippen molar-refractivity contribution >= 4 is 17.9 Å². The Bertz CT molecular complexity index is 556. The molecule has 0 heterocycles. The van der Waals surface area contributed by atoms with Gasteiger partial charge in [0.2, 0.25) is 0 Å². The van der Waals surface area contributed by atoms with Crippen molar-refractivity contribution in [2.75, 3.05) is 6.61 Å². The fourth-order valence-electron chi connectivity index (χ4n) is 5.06. The molecule has 0 bridgehead atoms. The molecule has 6 heteroatoms. The van der Waals surface area contributed by atoms with Gasteiger partial charge in [-0.1, -0.05) is 105 Å². The maximum Gasteiger partial charge on any atom is 0.305 e. The SMILES string of the molecule is CCCCCCCC(=O)OCC(CC)(CC(CCCCCC)C(=O)[O-])CC(CCCCCC)C(=O)[O-]. The number of hydrogen-bond acceptors (Lipinski definition) is 6. The van der Waals surface area contributed by atoms with Crippen molar-refractivity contribution in [1.82, 2.24) is 0 Å². The Labute approximate surface area is 221 Å². The van der Waals surface area contributed by atoms with Crippen molar-refractivity contribution in [3.63, 3.8) is 0 Å². The quantitative estimate of drug-likeness (QED) is 0.114. The highest BCUT2D eigenvalue weighted by Gasteiger charge is 2.36. The van der Waals surface area contributed by atoms with Gasteiger partial charge in [-0.15, -0.1) is 0 Å². The van der Waals surface area contributed by atoms with Crippen molar-refractivity contribution in [2.45, 2.75) is 150 Å². The molecule has 6 nitrogen and oxygen atoms in total. The molecule has 2 atom stereocenters. The Kier molecular flexibility index (Phi) is 20.5. The average Bonchev–Trinajstić information content (AvgIpc) is 2.85. The van der Waals surface area contributed by atoms with Crippen molar-refractivity contribution in [3.05, 3.63) is 0 Å². The average molecular weight is 511 g/mol. The van der Waals surface area contributed by atoms with Crippen LogP contribution in [-0.2, 0) is 19.1 Å². The first-order valence-corrected chi connectivity index (χ1v) is 14.8. The Balaban J connectivity index is 5.45. The second kappa shape index (κ2) is 21.5. The van der Waals surface area contributed by atoms with E-state index in [0.717, 1.165) is 83.5 Å². The van der Waals surface area contributed by atoms with Gasteiger partial charge in [-0.2, -0.15) is 0 Å². The first-order chi connectivity index (χ1) is 17.2. The van der Waals surface area contributed by atoms with Crippen molar-refractivity contribution in [2.24, 2.45) is 17.3 Å². The van der Waals surface area contributed by atoms with Crippen LogP contribution in [0.4, 0.5) is 0 Å². The highest BCUT2D eigenvalue weighted by Crippen LogP contribution is 2.40. The van der Waals surface area contributed by atoms with Crippen LogP contribution in [0.3, 0.4) is 0 Å². The predicted molar refractivity (Wildman–Crippen MR) is 141 cm³/mol. The standard InChI is InChI=1S/C30H56O6/c1-5-9-12-15-18-21-27(31)36-24-30(8-4,22-25(28(32)33)19-16-13-10-6-2)23-26(29(34)35)20-17-14-11-7-3/h25-26H,5-24H2,1-4H3,(H,32,33)(H,34,35)/p-2. The summed E-state index contributed by atoms with van der Waals surface area (Å²) in [5.74, 6) is -3.85. The van der Waals surface area contributed by atoms with Crippen LogP contribution in [0.5, 0.6) is 0 Å². The fraction of sp³-hybridized carbons (Fsp3) is 0.900. The lowest BCUT2D eigenvalue weighted by molar-refractivity contribution is -0.313. The maximum atomic E-state index is 12.5. The number of aliphatic carboxylic acids is 2. The van der Waals surface area contributed by atoms with E-state index in [-0.39, 0.29) is 25.4 Å². The topological polar surface area (TPSA) is 107 Å². The van der Waals surface area contributed by atoms with Gasteiger partial charge in [0.05, 0.1) is 6.61 Å². The number of carboxylic acid groups (broad SMARTS) is 2. The molecule has 0 amide bonds. The Hall–Kier alpha value is -1.59. The first-order valence-electron chi connectivity index (χ1n) is 14.8. The lowest BCUT2D eigenvalue weighted by atomic mass is 9.70. The second-order valence-electron chi connectivity index (χ2n) is 10.8. The van der Waals surface area contributed by atoms with E-state index in [1.165, 1.54) is 0 Å². The Morgan fingerprint density at radius 1 is 0.639 bits per heavy atom. The summed E-state index contributed by atoms with van der Waals surface area (Å²) in [6, 6.07) is 0. The van der Waals surface area contributed by atoms with Crippen LogP contribution in [0.2, 0.25) is 0 Å². The number of carbonyl (C=O) groups excluding carboxylic acids is 3. The van der Waals surface area contributed by atoms with E-state index in [2.05, 4.69) is 20.8 Å². The van der Waals surface area contributed by atoms with Crippen molar-refractivity contribution in [3.8, 4) is 0 Å². The maximum absolute atomic E-state index is 12.5. The number of carboxylic acids is 2. The molecule has 0 rings (SSSR count). The van der Waals surface area contributed by atoms with E-state index in [9.17, 15) is 24.6 Å². The number of ether oxygens (including phenoxy) is 1. The number of carbonyl (C=O) groups is 3. The second-order valence-corrected chi connectivity index (χ2v) is 10.8. The van der Waals surface area contributed by atoms with E-state index in [1.807, 2.05) is 6.92 Å². The number of unbranched alkanes of at least 4 members (excludes halogenated alkanes) is 10. The van der Waals surface area contributed by atoms with Crippen LogP contribution < -0.4 is 10.2 Å². The largest absolute Gasteiger partial charge is 0.550 e. The van der Waals surface area contributed by atoms with Gasteiger partial charge >= 0.3 is 5.97 Å². The molecule has 0 spiro atoms. The molecule has 0 aromatic rings. The highest BCUT2D eigenvalue weighted by atomic mass is 16.5. The van der Waals surface area contributed by atoms with Gasteiger partial charge < -0.3 is 24.5 Å². The molecule has 0 saturated heterocycles. The van der Waals surface area contributed by atoms with Crippen molar-refractivity contribution in [1.29, 1.82) is 0 Å². The van der Waals surface area contributed by atoms with E-state index in [4.69, 9.17) is 4.74 Å². The van der Waals surface area contributed by atoms with Crippen LogP contribution in [0.1, 0.15) is 150 Å². The van der Waals surface area contributed by atoms with Gasteiger partial charge in [-0.3, -0.25) is 4.79 Å². The summed E-state index contributed by atoms with van der Waals surface area (Å²) in [4.78, 5) is 36.6. The molecule has 212 valence electrons. The zero-order valence-electron chi connectivity index (χ0n) is 23.7. The third-order valence-electron chi connectivity index (χ3n) is 7.61. The first kappa shape index (κ1) is 34.4. The van der Waals surface area contributed by atoms with Gasteiger partial charge in [0.1, 0.15) is 0 Å². The number of esters is 1. The molecule has 0 fully saturated rings. The van der Waals surface area contributed by atoms with Crippen LogP contribution in [0.25, 0.3) is 0 Å². The molecule has 0 aromatic carbocycles. The summed E-state index contributed by atoms with van der Waals surface area (Å²) < 4.78 is 5.69. The molecule has 0 aromatic heterocycles. The summed E-state index contributed by atoms with van der Waals surface area (Å²) in [6.45, 7) is 8.35. The molecule has 0 N–H and O–H groups in total. The Morgan fingerprint density at radius 3 is 1.44 bits per heavy atom. The van der Waals surface area contributed by atoms with Crippen molar-refractivity contribution < 1.29 is 29.3 Å². The minimum atomic E-state index is -1.10.